The van der Waals surface area contributed by atoms with Crippen LogP contribution in [0.1, 0.15) is 22.5 Å². The van der Waals surface area contributed by atoms with Gasteiger partial charge in [0.25, 0.3) is 0 Å². The molecule has 0 saturated heterocycles. The van der Waals surface area contributed by atoms with Crippen LogP contribution in [0.3, 0.4) is 0 Å². The number of rotatable bonds is 8. The van der Waals surface area contributed by atoms with Crippen molar-refractivity contribution in [2.45, 2.75) is 13.0 Å². The van der Waals surface area contributed by atoms with Gasteiger partial charge in [-0.05, 0) is 50.0 Å². The van der Waals surface area contributed by atoms with E-state index in [0.29, 0.717) is 29.3 Å². The van der Waals surface area contributed by atoms with Crippen LogP contribution < -0.4 is 14.2 Å². The Bertz CT molecular complexity index is 1110. The van der Waals surface area contributed by atoms with Crippen LogP contribution >= 0.6 is 0 Å². The summed E-state index contributed by atoms with van der Waals surface area (Å²) in [5.41, 5.74) is 4.11. The van der Waals surface area contributed by atoms with Crippen molar-refractivity contribution in [3.05, 3.63) is 65.1 Å². The lowest BCUT2D eigenvalue weighted by Crippen LogP contribution is -2.12. The monoisotopic (exact) mass is 418 g/mol. The number of ether oxygens (including phenoxy) is 3. The van der Waals surface area contributed by atoms with Gasteiger partial charge in [0.1, 0.15) is 17.6 Å². The Morgan fingerprint density at radius 3 is 2.39 bits per heavy atom. The van der Waals surface area contributed by atoms with E-state index in [0.717, 1.165) is 34.7 Å². The van der Waals surface area contributed by atoms with Crippen LogP contribution in [0, 0.1) is 11.3 Å². The summed E-state index contributed by atoms with van der Waals surface area (Å²) in [6, 6.07) is 13.5. The molecule has 1 aromatic heterocycles. The molecular formula is C24H26N4O3. The number of nitrogens with zero attached hydrogens (tertiary/aromatic N) is 4. The Morgan fingerprint density at radius 2 is 1.74 bits per heavy atom. The molecular weight excluding hydrogens is 392 g/mol. The summed E-state index contributed by atoms with van der Waals surface area (Å²) in [6.45, 7) is 0.719. The van der Waals surface area contributed by atoms with E-state index < -0.39 is 0 Å². The van der Waals surface area contributed by atoms with Gasteiger partial charge in [0.05, 0.1) is 32.6 Å². The van der Waals surface area contributed by atoms with Gasteiger partial charge in [-0.2, -0.15) is 5.26 Å². The predicted octanol–water partition coefficient (Wildman–Crippen LogP) is 3.69. The van der Waals surface area contributed by atoms with Gasteiger partial charge >= 0.3 is 0 Å². The van der Waals surface area contributed by atoms with Gasteiger partial charge in [-0.15, -0.1) is 0 Å². The molecule has 160 valence electrons. The lowest BCUT2D eigenvalue weighted by molar-refractivity contribution is 0.338. The molecule has 31 heavy (non-hydrogen) atoms. The second kappa shape index (κ2) is 9.92. The van der Waals surface area contributed by atoms with E-state index in [1.807, 2.05) is 32.3 Å². The Hall–Kier alpha value is -3.63. The number of methoxy groups -OCH3 is 3. The SMILES string of the molecule is COc1ccc(-c2ccnc(Cc3cc(CN(C)C)c(OC)c(OC)c3)n2)cc1C#N. The number of nitriles is 1. The number of benzene rings is 2. The maximum absolute atomic E-state index is 9.36. The Labute approximate surface area is 182 Å². The zero-order chi connectivity index (χ0) is 22.4. The first kappa shape index (κ1) is 22.1. The summed E-state index contributed by atoms with van der Waals surface area (Å²) < 4.78 is 16.4. The minimum Gasteiger partial charge on any atom is -0.495 e. The third-order valence-corrected chi connectivity index (χ3v) is 4.79. The molecule has 7 heteroatoms. The molecule has 0 aliphatic carbocycles. The summed E-state index contributed by atoms with van der Waals surface area (Å²) in [7, 11) is 8.85. The highest BCUT2D eigenvalue weighted by Gasteiger charge is 2.15. The van der Waals surface area contributed by atoms with E-state index in [-0.39, 0.29) is 0 Å². The van der Waals surface area contributed by atoms with Gasteiger partial charge in [-0.1, -0.05) is 6.07 Å². The molecule has 7 nitrogen and oxygen atoms in total. The van der Waals surface area contributed by atoms with Gasteiger partial charge in [0, 0.05) is 30.3 Å². The molecule has 0 atom stereocenters. The molecule has 3 aromatic rings. The first-order chi connectivity index (χ1) is 15.0. The second-order valence-corrected chi connectivity index (χ2v) is 7.29. The Kier molecular flexibility index (Phi) is 7.06. The van der Waals surface area contributed by atoms with E-state index >= 15 is 0 Å². The van der Waals surface area contributed by atoms with Crippen molar-refractivity contribution < 1.29 is 14.2 Å². The van der Waals surface area contributed by atoms with Gasteiger partial charge in [0.15, 0.2) is 11.5 Å². The van der Waals surface area contributed by atoms with E-state index in [2.05, 4.69) is 22.0 Å². The van der Waals surface area contributed by atoms with Crippen molar-refractivity contribution in [3.63, 3.8) is 0 Å². The summed E-state index contributed by atoms with van der Waals surface area (Å²) >= 11 is 0. The van der Waals surface area contributed by atoms with Crippen molar-refractivity contribution in [2.24, 2.45) is 0 Å². The van der Waals surface area contributed by atoms with Gasteiger partial charge in [0.2, 0.25) is 0 Å². The van der Waals surface area contributed by atoms with Gasteiger partial charge in [-0.25, -0.2) is 9.97 Å². The lowest BCUT2D eigenvalue weighted by atomic mass is 10.0. The molecule has 0 bridgehead atoms. The van der Waals surface area contributed by atoms with E-state index in [4.69, 9.17) is 19.2 Å². The number of aromatic nitrogens is 2. The highest BCUT2D eigenvalue weighted by Crippen LogP contribution is 2.34. The van der Waals surface area contributed by atoms with Crippen molar-refractivity contribution in [1.82, 2.24) is 14.9 Å². The third-order valence-electron chi connectivity index (χ3n) is 4.79. The zero-order valence-corrected chi connectivity index (χ0v) is 18.5. The van der Waals surface area contributed by atoms with Crippen LogP contribution in [0.5, 0.6) is 17.2 Å². The van der Waals surface area contributed by atoms with E-state index in [9.17, 15) is 5.26 Å². The highest BCUT2D eigenvalue weighted by molar-refractivity contribution is 5.64. The molecule has 3 rings (SSSR count). The largest absolute Gasteiger partial charge is 0.495 e. The van der Waals surface area contributed by atoms with Crippen LogP contribution in [-0.4, -0.2) is 50.3 Å². The normalized spacial score (nSPS) is 10.6. The standard InChI is InChI=1S/C24H26N4O3/c1-28(2)15-19-10-16(11-22(30-4)24(19)31-5)12-23-26-9-8-20(27-23)17-6-7-21(29-3)18(13-17)14-25/h6-11,13H,12,15H2,1-5H3. The minimum atomic E-state index is 0.466. The van der Waals surface area contributed by atoms with Crippen molar-refractivity contribution in [3.8, 4) is 34.6 Å². The van der Waals surface area contributed by atoms with Crippen LogP contribution in [0.15, 0.2) is 42.6 Å². The van der Waals surface area contributed by atoms with Crippen LogP contribution in [0.25, 0.3) is 11.3 Å². The highest BCUT2D eigenvalue weighted by atomic mass is 16.5. The Morgan fingerprint density at radius 1 is 0.968 bits per heavy atom. The third kappa shape index (κ3) is 5.11. The fraction of sp³-hybridized carbons (Fsp3) is 0.292. The van der Waals surface area contributed by atoms with Crippen molar-refractivity contribution in [1.29, 1.82) is 5.26 Å². The smallest absolute Gasteiger partial charge is 0.165 e. The van der Waals surface area contributed by atoms with Gasteiger partial charge < -0.3 is 19.1 Å². The molecule has 0 spiro atoms. The molecule has 0 N–H and O–H groups in total. The fourth-order valence-corrected chi connectivity index (χ4v) is 3.45. The maximum atomic E-state index is 9.36. The van der Waals surface area contributed by atoms with Crippen LogP contribution in [0.2, 0.25) is 0 Å². The molecule has 0 amide bonds. The second-order valence-electron chi connectivity index (χ2n) is 7.29. The molecule has 0 saturated carbocycles. The van der Waals surface area contributed by atoms with Crippen molar-refractivity contribution in [2.75, 3.05) is 35.4 Å². The molecule has 0 aliphatic rings. The summed E-state index contributed by atoms with van der Waals surface area (Å²) in [5, 5.41) is 9.36. The average Bonchev–Trinajstić information content (AvgIpc) is 2.78. The fourth-order valence-electron chi connectivity index (χ4n) is 3.45. The molecule has 0 unspecified atom stereocenters. The zero-order valence-electron chi connectivity index (χ0n) is 18.5. The van der Waals surface area contributed by atoms with Crippen LogP contribution in [-0.2, 0) is 13.0 Å². The summed E-state index contributed by atoms with van der Waals surface area (Å²) in [6.07, 6.45) is 2.27. The first-order valence-corrected chi connectivity index (χ1v) is 9.78. The lowest BCUT2D eigenvalue weighted by Gasteiger charge is -2.17. The predicted molar refractivity (Wildman–Crippen MR) is 118 cm³/mol. The average molecular weight is 418 g/mol. The molecule has 2 aromatic carbocycles. The topological polar surface area (TPSA) is 80.5 Å². The minimum absolute atomic E-state index is 0.466. The maximum Gasteiger partial charge on any atom is 0.165 e. The van der Waals surface area contributed by atoms with Crippen molar-refractivity contribution >= 4 is 0 Å². The van der Waals surface area contributed by atoms with E-state index in [1.54, 1.807) is 39.7 Å². The first-order valence-electron chi connectivity index (χ1n) is 9.78. The Balaban J connectivity index is 1.95. The molecule has 1 heterocycles. The van der Waals surface area contributed by atoms with Crippen LogP contribution in [0.4, 0.5) is 0 Å². The molecule has 0 fully saturated rings. The number of hydrogen-bond donors (Lipinski definition) is 0. The summed E-state index contributed by atoms with van der Waals surface area (Å²) in [5.74, 6) is 2.63. The summed E-state index contributed by atoms with van der Waals surface area (Å²) in [4.78, 5) is 11.2. The number of hydrogen-bond acceptors (Lipinski definition) is 7. The van der Waals surface area contributed by atoms with E-state index in [1.165, 1.54) is 0 Å². The van der Waals surface area contributed by atoms with Gasteiger partial charge in [-0.3, -0.25) is 0 Å². The quantitative estimate of drug-likeness (QED) is 0.552. The molecule has 0 radical (unpaired) electrons. The molecule has 0 aliphatic heterocycles.